The van der Waals surface area contributed by atoms with Crippen molar-refractivity contribution in [1.82, 2.24) is 5.43 Å². The molecule has 2 bridgehead atoms. The summed E-state index contributed by atoms with van der Waals surface area (Å²) in [5.74, 6) is 0.951. The summed E-state index contributed by atoms with van der Waals surface area (Å²) in [6, 6.07) is 10.9. The normalized spacial score (nSPS) is 25.0. The number of hydrazone groups is 1. The fraction of sp³-hybridized carbons (Fsp3) is 0.333. The van der Waals surface area contributed by atoms with Gasteiger partial charge in [-0.2, -0.15) is 5.10 Å². The summed E-state index contributed by atoms with van der Waals surface area (Å²) in [5.41, 5.74) is 4.06. The Labute approximate surface area is 128 Å². The summed E-state index contributed by atoms with van der Waals surface area (Å²) in [6.07, 6.45) is 4.71. The van der Waals surface area contributed by atoms with Gasteiger partial charge in [-0.25, -0.2) is 5.43 Å². The van der Waals surface area contributed by atoms with E-state index in [4.69, 9.17) is 0 Å². The molecular formula is C18H18N2O2. The van der Waals surface area contributed by atoms with Crippen LogP contribution in [0.2, 0.25) is 0 Å². The van der Waals surface area contributed by atoms with Crippen molar-refractivity contribution in [2.45, 2.75) is 25.7 Å². The van der Waals surface area contributed by atoms with Crippen LogP contribution in [0.4, 0.5) is 0 Å². The lowest BCUT2D eigenvalue weighted by atomic mass is 9.99. The molecule has 2 unspecified atom stereocenters. The van der Waals surface area contributed by atoms with E-state index >= 15 is 0 Å². The van der Waals surface area contributed by atoms with Gasteiger partial charge in [0.2, 0.25) is 0 Å². The number of hydrogen-bond acceptors (Lipinski definition) is 3. The first-order valence-electron chi connectivity index (χ1n) is 7.80. The third kappa shape index (κ3) is 2.15. The van der Waals surface area contributed by atoms with Crippen molar-refractivity contribution >= 4 is 22.4 Å². The lowest BCUT2D eigenvalue weighted by molar-refractivity contribution is 0.0953. The number of rotatable bonds is 2. The van der Waals surface area contributed by atoms with Gasteiger partial charge in [0.15, 0.2) is 0 Å². The Morgan fingerprint density at radius 3 is 2.82 bits per heavy atom. The van der Waals surface area contributed by atoms with Gasteiger partial charge in [0, 0.05) is 5.71 Å². The molecule has 4 nitrogen and oxygen atoms in total. The molecule has 2 fully saturated rings. The van der Waals surface area contributed by atoms with Crippen molar-refractivity contribution in [2.75, 3.05) is 0 Å². The predicted molar refractivity (Wildman–Crippen MR) is 86.0 cm³/mol. The summed E-state index contributed by atoms with van der Waals surface area (Å²) in [6.45, 7) is 0. The van der Waals surface area contributed by atoms with Crippen LogP contribution in [-0.2, 0) is 0 Å². The van der Waals surface area contributed by atoms with Crippen LogP contribution >= 0.6 is 0 Å². The number of phenolic OH excluding ortho intramolecular Hbond substituents is 1. The average molecular weight is 294 g/mol. The Hall–Kier alpha value is -2.36. The van der Waals surface area contributed by atoms with Crippen LogP contribution in [0.25, 0.3) is 10.8 Å². The molecule has 2 aromatic carbocycles. The standard InChI is InChI=1S/C18H18N2O2/c21-16-8-7-12-3-1-2-4-14(12)17(16)18(22)20-19-15-10-11-5-6-13(15)9-11/h1-4,7-8,11,13,21H,5-6,9-10H2,(H,20,22)/b19-15-. The van der Waals surface area contributed by atoms with Gasteiger partial charge in [-0.05, 0) is 54.4 Å². The molecule has 0 heterocycles. The van der Waals surface area contributed by atoms with Crippen LogP contribution in [0.3, 0.4) is 0 Å². The van der Waals surface area contributed by atoms with Gasteiger partial charge < -0.3 is 5.11 Å². The molecule has 2 aliphatic rings. The quantitative estimate of drug-likeness (QED) is 0.833. The molecule has 1 amide bonds. The van der Waals surface area contributed by atoms with E-state index in [1.54, 1.807) is 6.07 Å². The van der Waals surface area contributed by atoms with E-state index in [1.165, 1.54) is 19.3 Å². The van der Waals surface area contributed by atoms with Gasteiger partial charge in [0.1, 0.15) is 5.75 Å². The Morgan fingerprint density at radius 1 is 1.18 bits per heavy atom. The van der Waals surface area contributed by atoms with E-state index < -0.39 is 0 Å². The molecule has 2 atom stereocenters. The summed E-state index contributed by atoms with van der Waals surface area (Å²) >= 11 is 0. The number of phenols is 1. The van der Waals surface area contributed by atoms with Gasteiger partial charge in [0.25, 0.3) is 5.91 Å². The van der Waals surface area contributed by atoms with Crippen LogP contribution < -0.4 is 5.43 Å². The Morgan fingerprint density at radius 2 is 2.05 bits per heavy atom. The first-order valence-corrected chi connectivity index (χ1v) is 7.80. The van der Waals surface area contributed by atoms with E-state index in [-0.39, 0.29) is 11.7 Å². The number of nitrogens with one attached hydrogen (secondary N) is 1. The number of benzene rings is 2. The van der Waals surface area contributed by atoms with Crippen LogP contribution in [-0.4, -0.2) is 16.7 Å². The van der Waals surface area contributed by atoms with Crippen molar-refractivity contribution in [3.63, 3.8) is 0 Å². The molecular weight excluding hydrogens is 276 g/mol. The average Bonchev–Trinajstić information content (AvgIpc) is 3.15. The highest BCUT2D eigenvalue weighted by Gasteiger charge is 2.36. The zero-order valence-corrected chi connectivity index (χ0v) is 12.2. The molecule has 2 N–H and O–H groups in total. The van der Waals surface area contributed by atoms with Gasteiger partial charge in [-0.1, -0.05) is 30.3 Å². The molecule has 22 heavy (non-hydrogen) atoms. The Bertz CT molecular complexity index is 782. The van der Waals surface area contributed by atoms with E-state index in [1.807, 2.05) is 30.3 Å². The van der Waals surface area contributed by atoms with Crippen molar-refractivity contribution in [3.8, 4) is 5.75 Å². The molecule has 2 saturated carbocycles. The maximum Gasteiger partial charge on any atom is 0.275 e. The Kier molecular flexibility index (Phi) is 3.10. The number of amides is 1. The topological polar surface area (TPSA) is 61.7 Å². The highest BCUT2D eigenvalue weighted by atomic mass is 16.3. The predicted octanol–water partition coefficient (Wildman–Crippen LogP) is 3.45. The highest BCUT2D eigenvalue weighted by Crippen LogP contribution is 2.42. The molecule has 0 aromatic heterocycles. The molecule has 0 spiro atoms. The number of hydrogen-bond donors (Lipinski definition) is 2. The van der Waals surface area contributed by atoms with Crippen LogP contribution in [0.1, 0.15) is 36.0 Å². The second-order valence-electron chi connectivity index (χ2n) is 6.31. The van der Waals surface area contributed by atoms with Crippen LogP contribution in [0.5, 0.6) is 5.75 Å². The molecule has 0 aliphatic heterocycles. The fourth-order valence-electron chi connectivity index (χ4n) is 3.84. The highest BCUT2D eigenvalue weighted by molar-refractivity contribution is 6.09. The van der Waals surface area contributed by atoms with Crippen LogP contribution in [0, 0.1) is 11.8 Å². The first-order chi connectivity index (χ1) is 10.7. The number of fused-ring (bicyclic) bond motifs is 3. The molecule has 112 valence electrons. The third-order valence-electron chi connectivity index (χ3n) is 4.95. The van der Waals surface area contributed by atoms with Crippen molar-refractivity contribution in [2.24, 2.45) is 16.9 Å². The van der Waals surface area contributed by atoms with E-state index in [0.29, 0.717) is 11.5 Å². The SMILES string of the molecule is O=C(N/N=C1/CC2CCC1C2)c1c(O)ccc2ccccc12. The van der Waals surface area contributed by atoms with Gasteiger partial charge in [-0.15, -0.1) is 0 Å². The number of carbonyl (C=O) groups is 1. The van der Waals surface area contributed by atoms with E-state index in [2.05, 4.69) is 10.5 Å². The minimum Gasteiger partial charge on any atom is -0.507 e. The second kappa shape index (κ2) is 5.13. The van der Waals surface area contributed by atoms with Gasteiger partial charge in [-0.3, -0.25) is 4.79 Å². The van der Waals surface area contributed by atoms with Crippen molar-refractivity contribution in [3.05, 3.63) is 42.0 Å². The second-order valence-corrected chi connectivity index (χ2v) is 6.31. The fourth-order valence-corrected chi connectivity index (χ4v) is 3.84. The maximum absolute atomic E-state index is 12.5. The molecule has 2 aromatic rings. The van der Waals surface area contributed by atoms with Gasteiger partial charge in [0.05, 0.1) is 5.56 Å². The molecule has 4 rings (SSSR count). The molecule has 4 heteroatoms. The zero-order valence-electron chi connectivity index (χ0n) is 12.2. The minimum absolute atomic E-state index is 0.00987. The minimum atomic E-state index is -0.343. The number of nitrogens with zero attached hydrogens (tertiary/aromatic N) is 1. The van der Waals surface area contributed by atoms with Gasteiger partial charge >= 0.3 is 0 Å². The first kappa shape index (κ1) is 13.3. The monoisotopic (exact) mass is 294 g/mol. The van der Waals surface area contributed by atoms with E-state index in [0.717, 1.165) is 28.8 Å². The zero-order chi connectivity index (χ0) is 15.1. The number of carbonyl (C=O) groups excluding carboxylic acids is 1. The number of aromatic hydroxyl groups is 1. The summed E-state index contributed by atoms with van der Waals surface area (Å²) < 4.78 is 0. The third-order valence-corrected chi connectivity index (χ3v) is 4.95. The van der Waals surface area contributed by atoms with Crippen molar-refractivity contribution < 1.29 is 9.90 Å². The largest absolute Gasteiger partial charge is 0.507 e. The lowest BCUT2D eigenvalue weighted by Gasteiger charge is -2.12. The molecule has 0 radical (unpaired) electrons. The lowest BCUT2D eigenvalue weighted by Crippen LogP contribution is -2.22. The Balaban J connectivity index is 1.63. The van der Waals surface area contributed by atoms with E-state index in [9.17, 15) is 9.90 Å². The van der Waals surface area contributed by atoms with Crippen LogP contribution in [0.15, 0.2) is 41.5 Å². The van der Waals surface area contributed by atoms with Crippen molar-refractivity contribution in [1.29, 1.82) is 0 Å². The molecule has 2 aliphatic carbocycles. The summed E-state index contributed by atoms with van der Waals surface area (Å²) in [7, 11) is 0. The summed E-state index contributed by atoms with van der Waals surface area (Å²) in [5, 5.41) is 16.1. The summed E-state index contributed by atoms with van der Waals surface area (Å²) in [4.78, 5) is 12.5. The molecule has 0 saturated heterocycles. The maximum atomic E-state index is 12.5. The smallest absolute Gasteiger partial charge is 0.275 e.